The van der Waals surface area contributed by atoms with E-state index >= 15 is 0 Å². The predicted molar refractivity (Wildman–Crippen MR) is 65.7 cm³/mol. The van der Waals surface area contributed by atoms with Crippen molar-refractivity contribution in [1.82, 2.24) is 4.57 Å². The quantitative estimate of drug-likeness (QED) is 0.457. The zero-order chi connectivity index (χ0) is 16.7. The number of esters is 1. The van der Waals surface area contributed by atoms with Crippen LogP contribution < -0.4 is 9.74 Å². The molecule has 2 rings (SSSR count). The third kappa shape index (κ3) is 2.80. The summed E-state index contributed by atoms with van der Waals surface area (Å²) in [5.74, 6) is -1.42. The Morgan fingerprint density at radius 3 is 2.55 bits per heavy atom. The lowest BCUT2D eigenvalue weighted by Crippen LogP contribution is -2.30. The van der Waals surface area contributed by atoms with E-state index in [1.165, 1.54) is 0 Å². The number of nitrogens with zero attached hydrogens (tertiary/aromatic N) is 1. The number of methoxy groups -OCH3 is 1. The third-order valence-electron chi connectivity index (χ3n) is 3.07. The molecule has 0 saturated heterocycles. The minimum absolute atomic E-state index is 0.190. The van der Waals surface area contributed by atoms with Crippen LogP contribution in [0.1, 0.15) is 18.2 Å². The monoisotopic (exact) mass is 341 g/mol. The van der Waals surface area contributed by atoms with E-state index in [9.17, 15) is 31.2 Å². The number of carbonyl (C=O) groups excluding carboxylic acids is 1. The first-order chi connectivity index (χ1) is 10.1. The SMILES string of the molecule is COC(=O)[C@H]1CCc2cc(OS(=O)(=O)C(F)(F)F)cc(=O)n21. The van der Waals surface area contributed by atoms with Crippen LogP contribution in [-0.2, 0) is 26.1 Å². The van der Waals surface area contributed by atoms with Gasteiger partial charge in [0.05, 0.1) is 7.11 Å². The summed E-state index contributed by atoms with van der Waals surface area (Å²) in [7, 11) is -4.72. The largest absolute Gasteiger partial charge is 0.534 e. The molecule has 2 heterocycles. The van der Waals surface area contributed by atoms with E-state index in [0.29, 0.717) is 6.07 Å². The number of pyridine rings is 1. The van der Waals surface area contributed by atoms with Crippen molar-refractivity contribution in [2.75, 3.05) is 7.11 Å². The van der Waals surface area contributed by atoms with Gasteiger partial charge in [0.2, 0.25) is 0 Å². The average Bonchev–Trinajstić information content (AvgIpc) is 2.80. The first kappa shape index (κ1) is 16.3. The van der Waals surface area contributed by atoms with Gasteiger partial charge in [0.1, 0.15) is 11.8 Å². The Labute approximate surface area is 122 Å². The van der Waals surface area contributed by atoms with E-state index < -0.39 is 38.9 Å². The molecule has 0 bridgehead atoms. The fraction of sp³-hybridized carbons (Fsp3) is 0.455. The van der Waals surface area contributed by atoms with Crippen LogP contribution in [0.2, 0.25) is 0 Å². The summed E-state index contributed by atoms with van der Waals surface area (Å²) in [6.07, 6.45) is 0.412. The minimum atomic E-state index is -5.86. The Bertz CT molecular complexity index is 767. The van der Waals surface area contributed by atoms with Crippen molar-refractivity contribution in [2.24, 2.45) is 0 Å². The molecule has 0 aromatic carbocycles. The highest BCUT2D eigenvalue weighted by atomic mass is 32.2. The smallest absolute Gasteiger partial charge is 0.467 e. The topological polar surface area (TPSA) is 91.7 Å². The van der Waals surface area contributed by atoms with E-state index in [0.717, 1.165) is 17.7 Å². The maximum atomic E-state index is 12.2. The summed E-state index contributed by atoms with van der Waals surface area (Å²) in [6.45, 7) is 0. The molecule has 1 aromatic rings. The van der Waals surface area contributed by atoms with Gasteiger partial charge in [-0.3, -0.25) is 9.36 Å². The van der Waals surface area contributed by atoms with Crippen molar-refractivity contribution in [2.45, 2.75) is 24.4 Å². The van der Waals surface area contributed by atoms with Crippen LogP contribution in [-0.4, -0.2) is 31.6 Å². The molecule has 0 N–H and O–H groups in total. The molecule has 0 radical (unpaired) electrons. The molecule has 122 valence electrons. The maximum absolute atomic E-state index is 12.2. The molecule has 1 aliphatic heterocycles. The normalized spacial score (nSPS) is 17.9. The van der Waals surface area contributed by atoms with Crippen LogP contribution in [0.25, 0.3) is 0 Å². The molecule has 0 saturated carbocycles. The Morgan fingerprint density at radius 1 is 1.36 bits per heavy atom. The van der Waals surface area contributed by atoms with E-state index in [2.05, 4.69) is 8.92 Å². The molecule has 0 fully saturated rings. The van der Waals surface area contributed by atoms with Gasteiger partial charge in [0, 0.05) is 17.8 Å². The van der Waals surface area contributed by atoms with Gasteiger partial charge in [-0.1, -0.05) is 0 Å². The number of ether oxygens (including phenoxy) is 1. The van der Waals surface area contributed by atoms with Gasteiger partial charge >= 0.3 is 21.6 Å². The van der Waals surface area contributed by atoms with Crippen LogP contribution in [0.3, 0.4) is 0 Å². The van der Waals surface area contributed by atoms with Crippen LogP contribution in [0, 0.1) is 0 Å². The second-order valence-corrected chi connectivity index (χ2v) is 5.99. The number of aryl methyl sites for hydroxylation is 1. The third-order valence-corrected chi connectivity index (χ3v) is 4.05. The molecule has 1 aromatic heterocycles. The summed E-state index contributed by atoms with van der Waals surface area (Å²) < 4.78 is 68.1. The van der Waals surface area contributed by atoms with Gasteiger partial charge in [0.25, 0.3) is 5.56 Å². The highest BCUT2D eigenvalue weighted by Crippen LogP contribution is 2.30. The Kier molecular flexibility index (Phi) is 3.94. The second-order valence-electron chi connectivity index (χ2n) is 4.45. The molecule has 22 heavy (non-hydrogen) atoms. The Hall–Kier alpha value is -2.04. The van der Waals surface area contributed by atoms with E-state index in [1.54, 1.807) is 0 Å². The summed E-state index contributed by atoms with van der Waals surface area (Å²) in [5.41, 5.74) is -6.26. The Balaban J connectivity index is 2.40. The zero-order valence-corrected chi connectivity index (χ0v) is 11.9. The molecule has 0 aliphatic carbocycles. The lowest BCUT2D eigenvalue weighted by atomic mass is 10.2. The van der Waals surface area contributed by atoms with Crippen molar-refractivity contribution in [1.29, 1.82) is 0 Å². The van der Waals surface area contributed by atoms with E-state index in [1.807, 2.05) is 0 Å². The highest BCUT2D eigenvalue weighted by molar-refractivity contribution is 7.88. The van der Waals surface area contributed by atoms with Crippen molar-refractivity contribution in [3.63, 3.8) is 0 Å². The summed E-state index contributed by atoms with van der Waals surface area (Å²) in [4.78, 5) is 23.4. The molecule has 7 nitrogen and oxygen atoms in total. The minimum Gasteiger partial charge on any atom is -0.467 e. The van der Waals surface area contributed by atoms with Gasteiger partial charge in [-0.05, 0) is 12.8 Å². The molecule has 0 unspecified atom stereocenters. The number of hydrogen-bond donors (Lipinski definition) is 0. The predicted octanol–water partition coefficient (Wildman–Crippen LogP) is 0.737. The van der Waals surface area contributed by atoms with Gasteiger partial charge in [0.15, 0.2) is 0 Å². The molecule has 0 amide bonds. The lowest BCUT2D eigenvalue weighted by molar-refractivity contribution is -0.144. The molecule has 1 atom stereocenters. The lowest BCUT2D eigenvalue weighted by Gasteiger charge is -2.13. The van der Waals surface area contributed by atoms with Crippen molar-refractivity contribution < 1.29 is 35.3 Å². The number of carbonyl (C=O) groups is 1. The van der Waals surface area contributed by atoms with Gasteiger partial charge in [-0.25, -0.2) is 4.79 Å². The Morgan fingerprint density at radius 2 is 2.00 bits per heavy atom. The molecule has 11 heteroatoms. The summed E-state index contributed by atoms with van der Waals surface area (Å²) in [6, 6.07) is 0.669. The first-order valence-corrected chi connectivity index (χ1v) is 7.31. The second kappa shape index (κ2) is 5.30. The number of aromatic nitrogens is 1. The molecule has 0 spiro atoms. The summed E-state index contributed by atoms with van der Waals surface area (Å²) >= 11 is 0. The maximum Gasteiger partial charge on any atom is 0.534 e. The van der Waals surface area contributed by atoms with E-state index in [4.69, 9.17) is 0 Å². The number of halogens is 3. The van der Waals surface area contributed by atoms with Crippen LogP contribution in [0.5, 0.6) is 5.75 Å². The highest BCUT2D eigenvalue weighted by Gasteiger charge is 2.48. The van der Waals surface area contributed by atoms with Crippen molar-refractivity contribution in [3.8, 4) is 5.75 Å². The number of fused-ring (bicyclic) bond motifs is 1. The fourth-order valence-corrected chi connectivity index (χ4v) is 2.59. The van der Waals surface area contributed by atoms with Gasteiger partial charge in [-0.15, -0.1) is 0 Å². The molecular formula is C11H10F3NO6S. The van der Waals surface area contributed by atoms with E-state index in [-0.39, 0.29) is 18.5 Å². The molecule has 1 aliphatic rings. The number of rotatable bonds is 3. The standard InChI is InChI=1S/C11H10F3NO6S/c1-20-10(17)8-3-2-6-4-7(5-9(16)15(6)8)21-22(18,19)11(12,13)14/h4-5,8H,2-3H2,1H3/t8-/m1/s1. The van der Waals surface area contributed by atoms with Crippen molar-refractivity contribution >= 4 is 16.1 Å². The number of hydrogen-bond acceptors (Lipinski definition) is 6. The van der Waals surface area contributed by atoms with Crippen LogP contribution in [0.4, 0.5) is 13.2 Å². The van der Waals surface area contributed by atoms with Crippen LogP contribution in [0.15, 0.2) is 16.9 Å². The van der Waals surface area contributed by atoms with Gasteiger partial charge < -0.3 is 8.92 Å². The van der Waals surface area contributed by atoms with Crippen molar-refractivity contribution in [3.05, 3.63) is 28.2 Å². The van der Waals surface area contributed by atoms with Gasteiger partial charge in [-0.2, -0.15) is 21.6 Å². The number of alkyl halides is 3. The average molecular weight is 341 g/mol. The molecular weight excluding hydrogens is 331 g/mol. The summed E-state index contributed by atoms with van der Waals surface area (Å²) in [5, 5.41) is 0. The first-order valence-electron chi connectivity index (χ1n) is 5.91. The zero-order valence-electron chi connectivity index (χ0n) is 11.1. The van der Waals surface area contributed by atoms with Crippen LogP contribution >= 0.6 is 0 Å². The fourth-order valence-electron chi connectivity index (χ4n) is 2.15.